The zero-order valence-corrected chi connectivity index (χ0v) is 19.7. The number of halogens is 4. The average molecular weight is 495 g/mol. The monoisotopic (exact) mass is 494 g/mol. The smallest absolute Gasteiger partial charge is 0.200 e. The van der Waals surface area contributed by atoms with Gasteiger partial charge in [-0.05, 0) is 53.1 Å². The van der Waals surface area contributed by atoms with E-state index in [1.165, 1.54) is 18.2 Å². The maximum absolute atomic E-state index is 15.0. The number of hydrogen-bond acceptors (Lipinski definition) is 2. The summed E-state index contributed by atoms with van der Waals surface area (Å²) in [6.07, 6.45) is 1.50. The van der Waals surface area contributed by atoms with Crippen molar-refractivity contribution >= 4 is 0 Å². The number of aromatic hydroxyl groups is 1. The largest absolute Gasteiger partial charge is 0.505 e. The van der Waals surface area contributed by atoms with E-state index in [0.717, 1.165) is 23.6 Å². The summed E-state index contributed by atoms with van der Waals surface area (Å²) in [7, 11) is 0. The summed E-state index contributed by atoms with van der Waals surface area (Å²) in [6, 6.07) is 19.1. The second-order valence-electron chi connectivity index (χ2n) is 8.78. The SMILES string of the molecule is CCCC(O)c1ccc(-c2ccc(-c3ccc(CCc4ccc(O)c(F)c4F)cc3)c(F)c2F)cc1. The molecule has 2 N–H and O–H groups in total. The summed E-state index contributed by atoms with van der Waals surface area (Å²) in [5.41, 5.74) is 2.94. The van der Waals surface area contributed by atoms with Crippen LogP contribution in [0.5, 0.6) is 5.75 Å². The van der Waals surface area contributed by atoms with Crippen molar-refractivity contribution in [2.45, 2.75) is 38.7 Å². The number of aliphatic hydroxyl groups is 1. The Morgan fingerprint density at radius 3 is 1.75 bits per heavy atom. The standard InChI is InChI=1S/C30H26F4O2/c1-2-3-25(35)21-12-10-20(11-13-21)24-16-15-23(28(32)29(24)33)19-7-4-18(5-8-19)6-9-22-14-17-26(36)30(34)27(22)31/h4-5,7-8,10-17,25,35-36H,2-3,6,9H2,1H3. The molecule has 0 amide bonds. The van der Waals surface area contributed by atoms with Crippen molar-refractivity contribution < 1.29 is 27.8 Å². The summed E-state index contributed by atoms with van der Waals surface area (Å²) < 4.78 is 57.5. The first-order valence-corrected chi connectivity index (χ1v) is 11.8. The molecule has 0 spiro atoms. The lowest BCUT2D eigenvalue weighted by Gasteiger charge is -2.12. The Hall–Kier alpha value is -3.64. The van der Waals surface area contributed by atoms with Gasteiger partial charge in [0.05, 0.1) is 6.10 Å². The highest BCUT2D eigenvalue weighted by molar-refractivity contribution is 5.72. The van der Waals surface area contributed by atoms with E-state index in [9.17, 15) is 23.4 Å². The molecular formula is C30H26F4O2. The molecule has 6 heteroatoms. The van der Waals surface area contributed by atoms with Crippen LogP contribution in [0.15, 0.2) is 72.8 Å². The van der Waals surface area contributed by atoms with Gasteiger partial charge in [-0.3, -0.25) is 0 Å². The van der Waals surface area contributed by atoms with Gasteiger partial charge in [-0.1, -0.05) is 80.1 Å². The van der Waals surface area contributed by atoms with Crippen molar-refractivity contribution in [3.63, 3.8) is 0 Å². The lowest BCUT2D eigenvalue weighted by molar-refractivity contribution is 0.166. The fourth-order valence-electron chi connectivity index (χ4n) is 4.22. The number of hydrogen-bond donors (Lipinski definition) is 2. The van der Waals surface area contributed by atoms with Crippen LogP contribution in [-0.2, 0) is 12.8 Å². The van der Waals surface area contributed by atoms with Crippen molar-refractivity contribution in [1.82, 2.24) is 0 Å². The molecular weight excluding hydrogens is 468 g/mol. The van der Waals surface area contributed by atoms with Gasteiger partial charge >= 0.3 is 0 Å². The van der Waals surface area contributed by atoms with Gasteiger partial charge in [0.25, 0.3) is 0 Å². The molecule has 4 aromatic carbocycles. The van der Waals surface area contributed by atoms with Crippen molar-refractivity contribution in [2.24, 2.45) is 0 Å². The number of aryl methyl sites for hydroxylation is 2. The minimum atomic E-state index is -1.27. The van der Waals surface area contributed by atoms with Crippen molar-refractivity contribution in [1.29, 1.82) is 0 Å². The van der Waals surface area contributed by atoms with Gasteiger partial charge in [-0.2, -0.15) is 4.39 Å². The van der Waals surface area contributed by atoms with E-state index in [1.54, 1.807) is 48.5 Å². The molecule has 0 saturated heterocycles. The lowest BCUT2D eigenvalue weighted by atomic mass is 9.96. The summed E-state index contributed by atoms with van der Waals surface area (Å²) in [5, 5.41) is 19.4. The van der Waals surface area contributed by atoms with Crippen LogP contribution < -0.4 is 0 Å². The molecule has 0 aliphatic carbocycles. The van der Waals surface area contributed by atoms with Gasteiger partial charge in [-0.15, -0.1) is 0 Å². The molecule has 0 saturated carbocycles. The molecule has 4 aromatic rings. The molecule has 0 aliphatic heterocycles. The molecule has 0 aromatic heterocycles. The van der Waals surface area contributed by atoms with Crippen molar-refractivity contribution in [3.05, 3.63) is 113 Å². The van der Waals surface area contributed by atoms with Gasteiger partial charge in [0.1, 0.15) is 0 Å². The third-order valence-corrected chi connectivity index (χ3v) is 6.34. The summed E-state index contributed by atoms with van der Waals surface area (Å²) in [4.78, 5) is 0. The highest BCUT2D eigenvalue weighted by Gasteiger charge is 2.17. The summed E-state index contributed by atoms with van der Waals surface area (Å²) in [6.45, 7) is 1.98. The minimum Gasteiger partial charge on any atom is -0.505 e. The van der Waals surface area contributed by atoms with E-state index < -0.39 is 35.1 Å². The van der Waals surface area contributed by atoms with Gasteiger partial charge in [-0.25, -0.2) is 13.2 Å². The Bertz CT molecular complexity index is 1350. The number of aliphatic hydroxyl groups excluding tert-OH is 1. The van der Waals surface area contributed by atoms with Crippen LogP contribution >= 0.6 is 0 Å². The number of phenols is 1. The van der Waals surface area contributed by atoms with Crippen LogP contribution in [0.3, 0.4) is 0 Å². The molecule has 1 atom stereocenters. The fourth-order valence-corrected chi connectivity index (χ4v) is 4.22. The summed E-state index contributed by atoms with van der Waals surface area (Å²) in [5.74, 6) is -4.99. The first-order valence-electron chi connectivity index (χ1n) is 11.8. The molecule has 36 heavy (non-hydrogen) atoms. The van der Waals surface area contributed by atoms with E-state index in [-0.39, 0.29) is 23.1 Å². The van der Waals surface area contributed by atoms with E-state index >= 15 is 4.39 Å². The van der Waals surface area contributed by atoms with Crippen molar-refractivity contribution in [2.75, 3.05) is 0 Å². The maximum Gasteiger partial charge on any atom is 0.200 e. The average Bonchev–Trinajstić information content (AvgIpc) is 2.89. The Balaban J connectivity index is 1.50. The Labute approximate surface area is 207 Å². The van der Waals surface area contributed by atoms with E-state index in [1.807, 2.05) is 6.92 Å². The molecule has 0 fully saturated rings. The Morgan fingerprint density at radius 1 is 0.639 bits per heavy atom. The molecule has 0 aliphatic rings. The summed E-state index contributed by atoms with van der Waals surface area (Å²) >= 11 is 0. The van der Waals surface area contributed by atoms with Crippen LogP contribution in [0, 0.1) is 23.3 Å². The third-order valence-electron chi connectivity index (χ3n) is 6.34. The van der Waals surface area contributed by atoms with E-state index in [0.29, 0.717) is 24.0 Å². The predicted octanol–water partition coefficient (Wildman–Crippen LogP) is 7.90. The Kier molecular flexibility index (Phi) is 7.75. The predicted molar refractivity (Wildman–Crippen MR) is 133 cm³/mol. The molecule has 0 heterocycles. The normalized spacial score (nSPS) is 12.1. The zero-order valence-electron chi connectivity index (χ0n) is 19.7. The molecule has 4 rings (SSSR count). The highest BCUT2D eigenvalue weighted by atomic mass is 19.2. The van der Waals surface area contributed by atoms with Crippen LogP contribution in [0.1, 0.15) is 42.6 Å². The zero-order chi connectivity index (χ0) is 25.8. The van der Waals surface area contributed by atoms with E-state index in [4.69, 9.17) is 0 Å². The van der Waals surface area contributed by atoms with Gasteiger partial charge in [0.2, 0.25) is 5.82 Å². The number of benzene rings is 4. The number of rotatable bonds is 8. The second kappa shape index (κ2) is 11.0. The Morgan fingerprint density at radius 2 is 1.19 bits per heavy atom. The van der Waals surface area contributed by atoms with Gasteiger partial charge in [0, 0.05) is 11.1 Å². The van der Waals surface area contributed by atoms with Crippen LogP contribution in [0.25, 0.3) is 22.3 Å². The maximum atomic E-state index is 15.0. The van der Waals surface area contributed by atoms with Gasteiger partial charge < -0.3 is 10.2 Å². The molecule has 1 unspecified atom stereocenters. The van der Waals surface area contributed by atoms with E-state index in [2.05, 4.69) is 0 Å². The quantitative estimate of drug-likeness (QED) is 0.245. The lowest BCUT2D eigenvalue weighted by Crippen LogP contribution is -1.98. The van der Waals surface area contributed by atoms with Crippen molar-refractivity contribution in [3.8, 4) is 28.0 Å². The second-order valence-corrected chi connectivity index (χ2v) is 8.78. The number of phenolic OH excluding ortho intramolecular Hbond substituents is 1. The molecule has 0 bridgehead atoms. The minimum absolute atomic E-state index is 0.115. The van der Waals surface area contributed by atoms with Gasteiger partial charge in [0.15, 0.2) is 23.2 Å². The highest BCUT2D eigenvalue weighted by Crippen LogP contribution is 2.32. The topological polar surface area (TPSA) is 40.5 Å². The molecule has 186 valence electrons. The first-order chi connectivity index (χ1) is 17.3. The third kappa shape index (κ3) is 5.29. The van der Waals surface area contributed by atoms with Crippen LogP contribution in [0.2, 0.25) is 0 Å². The fraction of sp³-hybridized carbons (Fsp3) is 0.200. The van der Waals surface area contributed by atoms with Crippen LogP contribution in [0.4, 0.5) is 17.6 Å². The molecule has 0 radical (unpaired) electrons. The first kappa shape index (κ1) is 25.5. The van der Waals surface area contributed by atoms with Crippen LogP contribution in [-0.4, -0.2) is 10.2 Å². The molecule has 2 nitrogen and oxygen atoms in total.